The van der Waals surface area contributed by atoms with Crippen LogP contribution in [-0.2, 0) is 4.79 Å². The standard InChI is InChI=1S/C22H17N5O2S2/c1-29-13-8-9-17-18(11-13)31-22(26-17)27-19(28)12-30-21-14(5-4-10-23-21)20-24-15-6-2-3-7-16(15)25-20/h2-11H,12H2,1H3,(H,24,25)(H,26,27,28). The number of ether oxygens (including phenoxy) is 1. The van der Waals surface area contributed by atoms with Gasteiger partial charge in [0.15, 0.2) is 5.13 Å². The molecule has 0 unspecified atom stereocenters. The molecule has 0 radical (unpaired) electrons. The number of carbonyl (C=O) groups is 1. The number of thiazole rings is 1. The van der Waals surface area contributed by atoms with E-state index in [1.807, 2.05) is 54.6 Å². The quantitative estimate of drug-likeness (QED) is 0.357. The number of carbonyl (C=O) groups excluding carboxylic acids is 1. The SMILES string of the molecule is COc1ccc2nc(NC(=O)CSc3ncccc3-c3nc4ccccc4[nH]3)sc2c1. The molecule has 31 heavy (non-hydrogen) atoms. The Bertz CT molecular complexity index is 1360. The van der Waals surface area contributed by atoms with Crippen molar-refractivity contribution in [2.24, 2.45) is 0 Å². The predicted molar refractivity (Wildman–Crippen MR) is 125 cm³/mol. The number of rotatable bonds is 6. The van der Waals surface area contributed by atoms with Gasteiger partial charge >= 0.3 is 0 Å². The van der Waals surface area contributed by atoms with Crippen LogP contribution < -0.4 is 10.1 Å². The van der Waals surface area contributed by atoms with Crippen LogP contribution in [0.4, 0.5) is 5.13 Å². The monoisotopic (exact) mass is 447 g/mol. The second-order valence-electron chi connectivity index (χ2n) is 6.65. The highest BCUT2D eigenvalue weighted by Crippen LogP contribution is 2.31. The van der Waals surface area contributed by atoms with Gasteiger partial charge in [-0.15, -0.1) is 0 Å². The molecule has 5 aromatic rings. The van der Waals surface area contributed by atoms with Crippen LogP contribution in [0.2, 0.25) is 0 Å². The first-order chi connectivity index (χ1) is 15.2. The summed E-state index contributed by atoms with van der Waals surface area (Å²) in [5.74, 6) is 1.57. The lowest BCUT2D eigenvalue weighted by atomic mass is 10.3. The number of aromatic nitrogens is 4. The third-order valence-corrected chi connectivity index (χ3v) is 6.54. The highest BCUT2D eigenvalue weighted by molar-refractivity contribution is 8.00. The van der Waals surface area contributed by atoms with Gasteiger partial charge in [0.25, 0.3) is 0 Å². The summed E-state index contributed by atoms with van der Waals surface area (Å²) in [6, 6.07) is 17.3. The van der Waals surface area contributed by atoms with Crippen molar-refractivity contribution in [2.45, 2.75) is 5.03 Å². The highest BCUT2D eigenvalue weighted by Gasteiger charge is 2.14. The number of hydrogen-bond donors (Lipinski definition) is 2. The zero-order chi connectivity index (χ0) is 21.2. The topological polar surface area (TPSA) is 92.8 Å². The zero-order valence-electron chi connectivity index (χ0n) is 16.5. The number of anilines is 1. The van der Waals surface area contributed by atoms with Crippen LogP contribution in [0.5, 0.6) is 5.75 Å². The minimum absolute atomic E-state index is 0.141. The number of imidazole rings is 1. The van der Waals surface area contributed by atoms with Crippen LogP contribution in [-0.4, -0.2) is 38.7 Å². The molecule has 7 nitrogen and oxygen atoms in total. The molecule has 154 valence electrons. The number of nitrogens with one attached hydrogen (secondary N) is 2. The molecule has 3 heterocycles. The summed E-state index contributed by atoms with van der Waals surface area (Å²) in [5.41, 5.74) is 3.54. The highest BCUT2D eigenvalue weighted by atomic mass is 32.2. The number of fused-ring (bicyclic) bond motifs is 2. The number of benzene rings is 2. The van der Waals surface area contributed by atoms with E-state index in [1.54, 1.807) is 13.3 Å². The summed E-state index contributed by atoms with van der Waals surface area (Å²) in [6.45, 7) is 0. The van der Waals surface area contributed by atoms with Gasteiger partial charge in [-0.2, -0.15) is 0 Å². The minimum Gasteiger partial charge on any atom is -0.497 e. The van der Waals surface area contributed by atoms with Crippen LogP contribution in [0.3, 0.4) is 0 Å². The molecular formula is C22H17N5O2S2. The fraction of sp³-hybridized carbons (Fsp3) is 0.0909. The van der Waals surface area contributed by atoms with Gasteiger partial charge in [0.1, 0.15) is 16.6 Å². The number of methoxy groups -OCH3 is 1. The zero-order valence-corrected chi connectivity index (χ0v) is 18.1. The molecule has 2 aromatic carbocycles. The van der Waals surface area contributed by atoms with E-state index in [-0.39, 0.29) is 11.7 Å². The summed E-state index contributed by atoms with van der Waals surface area (Å²) in [5, 5.41) is 4.18. The number of aromatic amines is 1. The predicted octanol–water partition coefficient (Wildman–Crippen LogP) is 4.97. The van der Waals surface area contributed by atoms with Crippen molar-refractivity contribution in [3.63, 3.8) is 0 Å². The lowest BCUT2D eigenvalue weighted by molar-refractivity contribution is -0.113. The van der Waals surface area contributed by atoms with Gasteiger partial charge in [-0.25, -0.2) is 15.0 Å². The lowest BCUT2D eigenvalue weighted by Gasteiger charge is -2.05. The van der Waals surface area contributed by atoms with Gasteiger partial charge in [-0.05, 0) is 42.5 Å². The molecule has 2 N–H and O–H groups in total. The van der Waals surface area contributed by atoms with Crippen molar-refractivity contribution in [1.29, 1.82) is 0 Å². The molecule has 3 aromatic heterocycles. The van der Waals surface area contributed by atoms with Crippen LogP contribution >= 0.6 is 23.1 Å². The molecule has 0 fully saturated rings. The van der Waals surface area contributed by atoms with Crippen molar-refractivity contribution in [3.8, 4) is 17.1 Å². The third kappa shape index (κ3) is 4.10. The van der Waals surface area contributed by atoms with Crippen molar-refractivity contribution in [1.82, 2.24) is 19.9 Å². The Morgan fingerprint density at radius 2 is 2.03 bits per heavy atom. The van der Waals surface area contributed by atoms with Crippen LogP contribution in [0.25, 0.3) is 32.6 Å². The number of thioether (sulfide) groups is 1. The van der Waals surface area contributed by atoms with Crippen molar-refractivity contribution < 1.29 is 9.53 Å². The molecular weight excluding hydrogens is 430 g/mol. The van der Waals surface area contributed by atoms with Gasteiger partial charge in [0.2, 0.25) is 5.91 Å². The molecule has 0 atom stereocenters. The number of hydrogen-bond acceptors (Lipinski definition) is 7. The number of para-hydroxylation sites is 2. The number of pyridine rings is 1. The maximum Gasteiger partial charge on any atom is 0.236 e. The number of nitrogens with zero attached hydrogens (tertiary/aromatic N) is 3. The van der Waals surface area contributed by atoms with E-state index in [1.165, 1.54) is 23.1 Å². The van der Waals surface area contributed by atoms with Crippen LogP contribution in [0, 0.1) is 0 Å². The minimum atomic E-state index is -0.141. The first kappa shape index (κ1) is 19.5. The van der Waals surface area contributed by atoms with E-state index in [0.29, 0.717) is 5.13 Å². The molecule has 1 amide bonds. The molecule has 5 rings (SSSR count). The molecule has 0 saturated carbocycles. The number of amides is 1. The van der Waals surface area contributed by atoms with E-state index >= 15 is 0 Å². The van der Waals surface area contributed by atoms with Crippen molar-refractivity contribution in [3.05, 3.63) is 60.8 Å². The first-order valence-electron chi connectivity index (χ1n) is 9.47. The van der Waals surface area contributed by atoms with E-state index in [9.17, 15) is 4.79 Å². The van der Waals surface area contributed by atoms with E-state index in [2.05, 4.69) is 25.3 Å². The molecule has 0 aliphatic heterocycles. The van der Waals surface area contributed by atoms with E-state index in [0.717, 1.165) is 43.4 Å². The van der Waals surface area contributed by atoms with Crippen molar-refractivity contribution >= 4 is 55.4 Å². The van der Waals surface area contributed by atoms with Gasteiger partial charge in [0, 0.05) is 11.8 Å². The van der Waals surface area contributed by atoms with Crippen molar-refractivity contribution in [2.75, 3.05) is 18.2 Å². The maximum absolute atomic E-state index is 12.5. The summed E-state index contributed by atoms with van der Waals surface area (Å²) in [7, 11) is 1.62. The smallest absolute Gasteiger partial charge is 0.236 e. The molecule has 0 aliphatic rings. The molecule has 0 aliphatic carbocycles. The van der Waals surface area contributed by atoms with Gasteiger partial charge in [0.05, 0.1) is 34.1 Å². The molecule has 0 spiro atoms. The van der Waals surface area contributed by atoms with Crippen LogP contribution in [0.1, 0.15) is 0 Å². The normalized spacial score (nSPS) is 11.1. The largest absolute Gasteiger partial charge is 0.497 e. The Kier molecular flexibility index (Phi) is 5.27. The fourth-order valence-electron chi connectivity index (χ4n) is 3.14. The van der Waals surface area contributed by atoms with E-state index in [4.69, 9.17) is 4.74 Å². The maximum atomic E-state index is 12.5. The van der Waals surface area contributed by atoms with Crippen LogP contribution in [0.15, 0.2) is 65.8 Å². The third-order valence-electron chi connectivity index (χ3n) is 4.60. The second-order valence-corrected chi connectivity index (χ2v) is 8.64. The second kappa shape index (κ2) is 8.37. The summed E-state index contributed by atoms with van der Waals surface area (Å²) < 4.78 is 6.20. The summed E-state index contributed by atoms with van der Waals surface area (Å²) in [6.07, 6.45) is 1.72. The first-order valence-corrected chi connectivity index (χ1v) is 11.3. The fourth-order valence-corrected chi connectivity index (χ4v) is 4.85. The van der Waals surface area contributed by atoms with Gasteiger partial charge in [-0.3, -0.25) is 4.79 Å². The number of H-pyrrole nitrogens is 1. The Hall–Kier alpha value is -3.43. The average molecular weight is 448 g/mol. The Morgan fingerprint density at radius 1 is 1.13 bits per heavy atom. The molecule has 0 bridgehead atoms. The summed E-state index contributed by atoms with van der Waals surface area (Å²) >= 11 is 2.78. The Morgan fingerprint density at radius 3 is 2.90 bits per heavy atom. The summed E-state index contributed by atoms with van der Waals surface area (Å²) in [4.78, 5) is 29.4. The lowest BCUT2D eigenvalue weighted by Crippen LogP contribution is -2.14. The Labute approximate surface area is 185 Å². The van der Waals surface area contributed by atoms with Gasteiger partial charge in [-0.1, -0.05) is 35.2 Å². The van der Waals surface area contributed by atoms with Gasteiger partial charge < -0.3 is 15.0 Å². The molecule has 0 saturated heterocycles. The van der Waals surface area contributed by atoms with E-state index < -0.39 is 0 Å². The molecule has 9 heteroatoms. The average Bonchev–Trinajstić information content (AvgIpc) is 3.40. The Balaban J connectivity index is 1.30.